The van der Waals surface area contributed by atoms with Crippen LogP contribution in [0.5, 0.6) is 5.75 Å². The molecule has 0 fully saturated rings. The minimum Gasteiger partial charge on any atom is -0.497 e. The molecular weight excluding hydrogens is 354 g/mol. The minimum atomic E-state index is -0.258. The van der Waals surface area contributed by atoms with Crippen LogP contribution in [0.3, 0.4) is 0 Å². The fourth-order valence-corrected chi connectivity index (χ4v) is 3.24. The highest BCUT2D eigenvalue weighted by Crippen LogP contribution is 2.22. The molecule has 6 nitrogen and oxygen atoms in total. The number of hydrogen-bond acceptors (Lipinski definition) is 5. The predicted molar refractivity (Wildman–Crippen MR) is 109 cm³/mol. The van der Waals surface area contributed by atoms with Gasteiger partial charge in [0.05, 0.1) is 18.8 Å². The molecule has 1 heterocycles. The second kappa shape index (κ2) is 8.44. The zero-order chi connectivity index (χ0) is 20.3. The summed E-state index contributed by atoms with van der Waals surface area (Å²) in [4.78, 5) is 16.6. The molecule has 1 unspecified atom stereocenters. The monoisotopic (exact) mass is 381 g/mol. The molecule has 28 heavy (non-hydrogen) atoms. The largest absolute Gasteiger partial charge is 0.497 e. The Kier molecular flexibility index (Phi) is 5.99. The van der Waals surface area contributed by atoms with Crippen LogP contribution in [0.15, 0.2) is 47.0 Å². The fourth-order valence-electron chi connectivity index (χ4n) is 3.24. The van der Waals surface area contributed by atoms with Crippen LogP contribution in [-0.2, 0) is 17.9 Å². The van der Waals surface area contributed by atoms with E-state index in [0.717, 1.165) is 33.5 Å². The van der Waals surface area contributed by atoms with Crippen molar-refractivity contribution >= 4 is 16.7 Å². The summed E-state index contributed by atoms with van der Waals surface area (Å²) in [6.07, 6.45) is 0. The molecule has 6 heteroatoms. The number of benzene rings is 2. The average molecular weight is 381 g/mol. The molecule has 0 saturated heterocycles. The van der Waals surface area contributed by atoms with Gasteiger partial charge in [-0.3, -0.25) is 9.69 Å². The molecule has 1 atom stereocenters. The lowest BCUT2D eigenvalue weighted by Crippen LogP contribution is -2.43. The van der Waals surface area contributed by atoms with Crippen molar-refractivity contribution in [2.45, 2.75) is 33.0 Å². The SMILES string of the molecule is COc1ccc2cc(CN(C)C(=O)C(C)N(C)Cc3cc(C)on3)ccc2c1. The normalized spacial score (nSPS) is 12.4. The summed E-state index contributed by atoms with van der Waals surface area (Å²) in [7, 11) is 5.42. The maximum absolute atomic E-state index is 12.9. The quantitative estimate of drug-likeness (QED) is 0.626. The third-order valence-corrected chi connectivity index (χ3v) is 5.01. The van der Waals surface area contributed by atoms with E-state index in [4.69, 9.17) is 9.26 Å². The second-order valence-electron chi connectivity index (χ2n) is 7.26. The highest BCUT2D eigenvalue weighted by Gasteiger charge is 2.22. The molecule has 1 aromatic heterocycles. The molecular formula is C22H27N3O3. The standard InChI is InChI=1S/C22H27N3O3/c1-15-10-20(23-28-15)14-24(3)16(2)22(26)25(4)13-17-6-7-19-12-21(27-5)9-8-18(19)11-17/h6-12,16H,13-14H2,1-5H3. The molecule has 0 aliphatic carbocycles. The number of likely N-dealkylation sites (N-methyl/N-ethyl adjacent to an activating group) is 2. The minimum absolute atomic E-state index is 0.0672. The van der Waals surface area contributed by atoms with Crippen molar-refractivity contribution in [1.82, 2.24) is 15.0 Å². The summed E-state index contributed by atoms with van der Waals surface area (Å²) in [6.45, 7) is 4.90. The third-order valence-electron chi connectivity index (χ3n) is 5.01. The lowest BCUT2D eigenvalue weighted by molar-refractivity contribution is -0.135. The van der Waals surface area contributed by atoms with Gasteiger partial charge < -0.3 is 14.2 Å². The van der Waals surface area contributed by atoms with Gasteiger partial charge in [0.2, 0.25) is 5.91 Å². The maximum atomic E-state index is 12.9. The Hall–Kier alpha value is -2.86. The van der Waals surface area contributed by atoms with Crippen molar-refractivity contribution in [2.75, 3.05) is 21.2 Å². The van der Waals surface area contributed by atoms with Gasteiger partial charge in [-0.2, -0.15) is 0 Å². The summed E-state index contributed by atoms with van der Waals surface area (Å²) < 4.78 is 10.4. The molecule has 0 N–H and O–H groups in total. The fraction of sp³-hybridized carbons (Fsp3) is 0.364. The van der Waals surface area contributed by atoms with Crippen LogP contribution in [0.1, 0.15) is 23.9 Å². The van der Waals surface area contributed by atoms with Crippen LogP contribution in [-0.4, -0.2) is 48.1 Å². The first-order valence-corrected chi connectivity index (χ1v) is 9.31. The second-order valence-corrected chi connectivity index (χ2v) is 7.26. The molecule has 0 saturated carbocycles. The highest BCUT2D eigenvalue weighted by atomic mass is 16.5. The number of methoxy groups -OCH3 is 1. The van der Waals surface area contributed by atoms with Crippen molar-refractivity contribution in [3.8, 4) is 5.75 Å². The number of aromatic nitrogens is 1. The van der Waals surface area contributed by atoms with Crippen molar-refractivity contribution in [1.29, 1.82) is 0 Å². The Morgan fingerprint density at radius 3 is 2.50 bits per heavy atom. The third kappa shape index (κ3) is 4.51. The van der Waals surface area contributed by atoms with Crippen molar-refractivity contribution in [2.24, 2.45) is 0 Å². The van der Waals surface area contributed by atoms with Gasteiger partial charge in [0.1, 0.15) is 11.5 Å². The molecule has 0 radical (unpaired) electrons. The number of nitrogens with zero attached hydrogens (tertiary/aromatic N) is 3. The average Bonchev–Trinajstić information content (AvgIpc) is 3.10. The van der Waals surface area contributed by atoms with Crippen molar-refractivity contribution in [3.63, 3.8) is 0 Å². The number of ether oxygens (including phenoxy) is 1. The van der Waals surface area contributed by atoms with Crippen LogP contribution in [0.4, 0.5) is 0 Å². The van der Waals surface area contributed by atoms with Gasteiger partial charge >= 0.3 is 0 Å². The van der Waals surface area contributed by atoms with E-state index < -0.39 is 0 Å². The topological polar surface area (TPSA) is 58.8 Å². The van der Waals surface area contributed by atoms with Crippen LogP contribution >= 0.6 is 0 Å². The van der Waals surface area contributed by atoms with E-state index in [2.05, 4.69) is 23.4 Å². The number of carbonyl (C=O) groups is 1. The molecule has 0 spiro atoms. The highest BCUT2D eigenvalue weighted by molar-refractivity contribution is 5.85. The molecule has 0 aliphatic rings. The first-order valence-electron chi connectivity index (χ1n) is 9.31. The van der Waals surface area contributed by atoms with Gasteiger partial charge in [0.25, 0.3) is 0 Å². The lowest BCUT2D eigenvalue weighted by atomic mass is 10.1. The van der Waals surface area contributed by atoms with E-state index in [-0.39, 0.29) is 11.9 Å². The van der Waals surface area contributed by atoms with Gasteiger partial charge in [0.15, 0.2) is 0 Å². The summed E-state index contributed by atoms with van der Waals surface area (Å²) in [6, 6.07) is 13.9. The zero-order valence-electron chi connectivity index (χ0n) is 17.1. The lowest BCUT2D eigenvalue weighted by Gasteiger charge is -2.27. The Bertz CT molecular complexity index is 967. The summed E-state index contributed by atoms with van der Waals surface area (Å²) in [5.74, 6) is 1.68. The van der Waals surface area contributed by atoms with Crippen LogP contribution in [0.25, 0.3) is 10.8 Å². The van der Waals surface area contributed by atoms with E-state index in [1.165, 1.54) is 0 Å². The Morgan fingerprint density at radius 1 is 1.11 bits per heavy atom. The summed E-state index contributed by atoms with van der Waals surface area (Å²) in [5.41, 5.74) is 1.92. The van der Waals surface area contributed by atoms with Gasteiger partial charge in [-0.25, -0.2) is 0 Å². The molecule has 148 valence electrons. The first-order chi connectivity index (χ1) is 13.4. The van der Waals surface area contributed by atoms with Crippen LogP contribution < -0.4 is 4.74 Å². The molecule has 1 amide bonds. The number of amides is 1. The Labute approximate surface area is 165 Å². The van der Waals surface area contributed by atoms with E-state index >= 15 is 0 Å². The maximum Gasteiger partial charge on any atom is 0.239 e. The van der Waals surface area contributed by atoms with E-state index in [1.54, 1.807) is 12.0 Å². The smallest absolute Gasteiger partial charge is 0.239 e. The number of carbonyl (C=O) groups excluding carboxylic acids is 1. The zero-order valence-corrected chi connectivity index (χ0v) is 17.1. The first kappa shape index (κ1) is 19.9. The molecule has 0 bridgehead atoms. The number of rotatable bonds is 7. The molecule has 3 aromatic rings. The van der Waals surface area contributed by atoms with Crippen LogP contribution in [0.2, 0.25) is 0 Å². The number of aryl methyl sites for hydroxylation is 1. The van der Waals surface area contributed by atoms with E-state index in [9.17, 15) is 4.79 Å². The predicted octanol–water partition coefficient (Wildman–Crippen LogP) is 3.62. The summed E-state index contributed by atoms with van der Waals surface area (Å²) >= 11 is 0. The Morgan fingerprint density at radius 2 is 1.82 bits per heavy atom. The molecule has 2 aromatic carbocycles. The summed E-state index contributed by atoms with van der Waals surface area (Å²) in [5, 5.41) is 6.25. The van der Waals surface area contributed by atoms with Crippen LogP contribution in [0, 0.1) is 6.92 Å². The van der Waals surface area contributed by atoms with E-state index in [1.807, 2.05) is 57.1 Å². The molecule has 0 aliphatic heterocycles. The van der Waals surface area contributed by atoms with Gasteiger partial charge in [-0.15, -0.1) is 0 Å². The number of fused-ring (bicyclic) bond motifs is 1. The van der Waals surface area contributed by atoms with Gasteiger partial charge in [0, 0.05) is 26.2 Å². The van der Waals surface area contributed by atoms with Crippen molar-refractivity contribution < 1.29 is 14.1 Å². The number of hydrogen-bond donors (Lipinski definition) is 0. The molecule has 3 rings (SSSR count). The van der Waals surface area contributed by atoms with Crippen molar-refractivity contribution in [3.05, 3.63) is 59.5 Å². The van der Waals surface area contributed by atoms with Gasteiger partial charge in [-0.1, -0.05) is 23.4 Å². The van der Waals surface area contributed by atoms with E-state index in [0.29, 0.717) is 13.1 Å². The Balaban J connectivity index is 1.64. The van der Waals surface area contributed by atoms with Gasteiger partial charge in [-0.05, 0) is 55.4 Å².